The van der Waals surface area contributed by atoms with Crippen molar-refractivity contribution < 1.29 is 17.9 Å². The van der Waals surface area contributed by atoms with Crippen LogP contribution < -0.4 is 10.5 Å². The van der Waals surface area contributed by atoms with Crippen LogP contribution in [0.25, 0.3) is 5.82 Å². The average molecular weight is 286 g/mol. The molecule has 0 aliphatic carbocycles. The second-order valence-electron chi connectivity index (χ2n) is 4.08. The number of aromatic nitrogens is 3. The molecule has 0 atom stereocenters. The van der Waals surface area contributed by atoms with Crippen LogP contribution in [0.4, 0.5) is 18.9 Å². The Bertz CT molecular complexity index is 595. The molecule has 5 nitrogen and oxygen atoms in total. The van der Waals surface area contributed by atoms with Gasteiger partial charge in [-0.1, -0.05) is 6.92 Å². The minimum atomic E-state index is -4.44. The van der Waals surface area contributed by atoms with Gasteiger partial charge in [0.15, 0.2) is 5.82 Å². The molecule has 0 aromatic carbocycles. The summed E-state index contributed by atoms with van der Waals surface area (Å²) in [6, 6.07) is 2.99. The molecule has 2 heterocycles. The predicted molar refractivity (Wildman–Crippen MR) is 66.6 cm³/mol. The van der Waals surface area contributed by atoms with Gasteiger partial charge >= 0.3 is 6.18 Å². The zero-order valence-corrected chi connectivity index (χ0v) is 10.7. The summed E-state index contributed by atoms with van der Waals surface area (Å²) in [5.74, 6) is 0.397. The van der Waals surface area contributed by atoms with Crippen LogP contribution in [-0.2, 0) is 6.18 Å². The molecule has 2 rings (SSSR count). The molecule has 0 unspecified atom stereocenters. The van der Waals surface area contributed by atoms with E-state index < -0.39 is 11.7 Å². The highest BCUT2D eigenvalue weighted by Gasteiger charge is 2.32. The van der Waals surface area contributed by atoms with Gasteiger partial charge in [-0.05, 0) is 18.6 Å². The summed E-state index contributed by atoms with van der Waals surface area (Å²) >= 11 is 0. The fraction of sp³-hybridized carbons (Fsp3) is 0.333. The Morgan fingerprint density at radius 1 is 1.35 bits per heavy atom. The molecule has 0 fully saturated rings. The van der Waals surface area contributed by atoms with E-state index >= 15 is 0 Å². The Kier molecular flexibility index (Phi) is 3.82. The number of pyridine rings is 1. The molecule has 0 amide bonds. The number of alkyl halides is 3. The van der Waals surface area contributed by atoms with Crippen LogP contribution in [0.2, 0.25) is 0 Å². The minimum Gasteiger partial charge on any atom is -0.476 e. The number of halogens is 3. The van der Waals surface area contributed by atoms with Crippen molar-refractivity contribution in [3.05, 3.63) is 30.1 Å². The van der Waals surface area contributed by atoms with Crippen molar-refractivity contribution in [1.82, 2.24) is 14.8 Å². The minimum absolute atomic E-state index is 0.188. The van der Waals surface area contributed by atoms with Crippen molar-refractivity contribution in [2.75, 3.05) is 12.3 Å². The Labute approximate surface area is 113 Å². The van der Waals surface area contributed by atoms with Gasteiger partial charge < -0.3 is 10.5 Å². The molecule has 2 aromatic heterocycles. The molecule has 0 aliphatic heterocycles. The van der Waals surface area contributed by atoms with E-state index in [0.29, 0.717) is 12.3 Å². The van der Waals surface area contributed by atoms with Crippen molar-refractivity contribution >= 4 is 5.69 Å². The summed E-state index contributed by atoms with van der Waals surface area (Å²) in [7, 11) is 0. The predicted octanol–water partition coefficient (Wildman–Crippen LogP) is 2.66. The van der Waals surface area contributed by atoms with Gasteiger partial charge in [0, 0.05) is 6.20 Å². The quantitative estimate of drug-likeness (QED) is 0.938. The summed E-state index contributed by atoms with van der Waals surface area (Å²) < 4.78 is 43.9. The van der Waals surface area contributed by atoms with Gasteiger partial charge in [-0.25, -0.2) is 4.68 Å². The van der Waals surface area contributed by atoms with E-state index in [0.717, 1.165) is 23.5 Å². The number of ether oxygens (including phenoxy) is 1. The first-order valence-corrected chi connectivity index (χ1v) is 5.93. The van der Waals surface area contributed by atoms with Crippen molar-refractivity contribution in [2.24, 2.45) is 0 Å². The Morgan fingerprint density at radius 2 is 2.10 bits per heavy atom. The standard InChI is InChI=1S/C12H13F3N4O/c1-2-5-20-11-9(16)3-4-10(18-11)19-7-8(6-17-19)12(13,14)15/h3-4,6-7H,2,5,16H2,1H3. The van der Waals surface area contributed by atoms with E-state index in [2.05, 4.69) is 10.1 Å². The highest BCUT2D eigenvalue weighted by Crippen LogP contribution is 2.29. The lowest BCUT2D eigenvalue weighted by atomic mass is 10.3. The maximum Gasteiger partial charge on any atom is 0.419 e. The number of hydrogen-bond acceptors (Lipinski definition) is 4. The molecular weight excluding hydrogens is 273 g/mol. The summed E-state index contributed by atoms with van der Waals surface area (Å²) in [6.07, 6.45) is -2.06. The number of hydrogen-bond donors (Lipinski definition) is 1. The molecular formula is C12H13F3N4O. The van der Waals surface area contributed by atoms with Crippen molar-refractivity contribution in [3.63, 3.8) is 0 Å². The molecule has 20 heavy (non-hydrogen) atoms. The summed E-state index contributed by atoms with van der Waals surface area (Å²) in [4.78, 5) is 4.06. The first-order valence-electron chi connectivity index (χ1n) is 5.93. The molecule has 2 N–H and O–H groups in total. The zero-order valence-electron chi connectivity index (χ0n) is 10.7. The van der Waals surface area contributed by atoms with Gasteiger partial charge in [-0.15, -0.1) is 0 Å². The first-order chi connectivity index (χ1) is 9.41. The first kappa shape index (κ1) is 14.2. The third kappa shape index (κ3) is 3.01. The molecule has 0 spiro atoms. The Hall–Kier alpha value is -2.25. The molecule has 8 heteroatoms. The number of anilines is 1. The molecule has 0 aliphatic rings. The molecule has 2 aromatic rings. The highest BCUT2D eigenvalue weighted by molar-refractivity contribution is 5.50. The van der Waals surface area contributed by atoms with Crippen LogP contribution in [0.5, 0.6) is 5.88 Å². The van der Waals surface area contributed by atoms with Gasteiger partial charge in [-0.2, -0.15) is 23.3 Å². The second kappa shape index (κ2) is 5.40. The van der Waals surface area contributed by atoms with Gasteiger partial charge in [0.25, 0.3) is 0 Å². The van der Waals surface area contributed by atoms with E-state index in [4.69, 9.17) is 10.5 Å². The summed E-state index contributed by atoms with van der Waals surface area (Å²) in [6.45, 7) is 2.34. The van der Waals surface area contributed by atoms with Crippen molar-refractivity contribution in [2.45, 2.75) is 19.5 Å². The van der Waals surface area contributed by atoms with E-state index in [9.17, 15) is 13.2 Å². The SMILES string of the molecule is CCCOc1nc(-n2cc(C(F)(F)F)cn2)ccc1N. The molecule has 0 saturated heterocycles. The van der Waals surface area contributed by atoms with Gasteiger partial charge in [-0.3, -0.25) is 0 Å². The topological polar surface area (TPSA) is 66.0 Å². The van der Waals surface area contributed by atoms with Crippen molar-refractivity contribution in [3.8, 4) is 11.7 Å². The summed E-state index contributed by atoms with van der Waals surface area (Å²) in [5.41, 5.74) is 5.17. The van der Waals surface area contributed by atoms with Crippen LogP contribution in [-0.4, -0.2) is 21.4 Å². The van der Waals surface area contributed by atoms with Gasteiger partial charge in [0.1, 0.15) is 0 Å². The van der Waals surface area contributed by atoms with E-state index in [1.54, 1.807) is 0 Å². The van der Waals surface area contributed by atoms with E-state index in [-0.39, 0.29) is 11.7 Å². The third-order valence-electron chi connectivity index (χ3n) is 2.46. The van der Waals surface area contributed by atoms with E-state index in [1.165, 1.54) is 12.1 Å². The number of nitrogens with two attached hydrogens (primary N) is 1. The Balaban J connectivity index is 2.31. The number of nitrogen functional groups attached to an aromatic ring is 1. The lowest BCUT2D eigenvalue weighted by Crippen LogP contribution is -2.06. The van der Waals surface area contributed by atoms with Crippen LogP contribution in [0.3, 0.4) is 0 Å². The smallest absolute Gasteiger partial charge is 0.419 e. The Morgan fingerprint density at radius 3 is 2.70 bits per heavy atom. The van der Waals surface area contributed by atoms with Crippen LogP contribution >= 0.6 is 0 Å². The molecule has 0 radical (unpaired) electrons. The fourth-order valence-corrected chi connectivity index (χ4v) is 1.48. The number of rotatable bonds is 4. The van der Waals surface area contributed by atoms with Crippen LogP contribution in [0.15, 0.2) is 24.5 Å². The van der Waals surface area contributed by atoms with Crippen LogP contribution in [0, 0.1) is 0 Å². The van der Waals surface area contributed by atoms with E-state index in [1.807, 2.05) is 6.92 Å². The lowest BCUT2D eigenvalue weighted by molar-refractivity contribution is -0.137. The lowest BCUT2D eigenvalue weighted by Gasteiger charge is -2.08. The molecule has 108 valence electrons. The second-order valence-corrected chi connectivity index (χ2v) is 4.08. The largest absolute Gasteiger partial charge is 0.476 e. The van der Waals surface area contributed by atoms with Gasteiger partial charge in [0.05, 0.1) is 24.1 Å². The van der Waals surface area contributed by atoms with Crippen molar-refractivity contribution in [1.29, 1.82) is 0 Å². The average Bonchev–Trinajstić information content (AvgIpc) is 2.87. The maximum atomic E-state index is 12.5. The van der Waals surface area contributed by atoms with Crippen LogP contribution in [0.1, 0.15) is 18.9 Å². The third-order valence-corrected chi connectivity index (χ3v) is 2.46. The molecule has 0 saturated carbocycles. The number of nitrogens with zero attached hydrogens (tertiary/aromatic N) is 3. The monoisotopic (exact) mass is 286 g/mol. The molecule has 0 bridgehead atoms. The fourth-order valence-electron chi connectivity index (χ4n) is 1.48. The maximum absolute atomic E-state index is 12.5. The van der Waals surface area contributed by atoms with Gasteiger partial charge in [0.2, 0.25) is 5.88 Å². The normalized spacial score (nSPS) is 11.6. The summed E-state index contributed by atoms with van der Waals surface area (Å²) in [5, 5.41) is 3.64. The highest BCUT2D eigenvalue weighted by atomic mass is 19.4. The zero-order chi connectivity index (χ0) is 14.8.